The molecule has 2 aromatic carbocycles. The Balaban J connectivity index is 1.94. The smallest absolute Gasteiger partial charge is 0.260 e. The highest BCUT2D eigenvalue weighted by Gasteiger charge is 2.25. The molecule has 0 bridgehead atoms. The summed E-state index contributed by atoms with van der Waals surface area (Å²) >= 11 is 1.51. The normalized spacial score (nSPS) is 12.1. The molecular formula is C28H40N4O3S2. The fourth-order valence-electron chi connectivity index (χ4n) is 4.27. The fraction of sp³-hybridized carbons (Fsp3) is 0.500. The molecule has 1 aromatic heterocycles. The van der Waals surface area contributed by atoms with Crippen molar-refractivity contribution >= 4 is 42.6 Å². The van der Waals surface area contributed by atoms with Gasteiger partial charge in [0.2, 0.25) is 10.0 Å². The molecule has 37 heavy (non-hydrogen) atoms. The van der Waals surface area contributed by atoms with E-state index in [1.54, 1.807) is 29.2 Å². The monoisotopic (exact) mass is 544 g/mol. The summed E-state index contributed by atoms with van der Waals surface area (Å²) in [7, 11) is -3.60. The first kappa shape index (κ1) is 29.2. The standard InChI is InChI=1S/C28H40N4O3S2/c1-7-15-31(16-8-2)37(34,35)24-13-11-23(12-14-24)27(33)32(18-17-30(9-3)10-4)28-29-25-19-21(5)22(6)20-26(25)36-28/h11-14,19-20H,7-10,15-18H2,1-6H3. The summed E-state index contributed by atoms with van der Waals surface area (Å²) in [5.41, 5.74) is 3.70. The largest absolute Gasteiger partial charge is 0.302 e. The number of aryl methyl sites for hydroxylation is 2. The summed E-state index contributed by atoms with van der Waals surface area (Å²) in [6, 6.07) is 10.5. The van der Waals surface area contributed by atoms with Gasteiger partial charge in [-0.1, -0.05) is 39.0 Å². The van der Waals surface area contributed by atoms with Crippen LogP contribution in [0.3, 0.4) is 0 Å². The molecule has 9 heteroatoms. The van der Waals surface area contributed by atoms with Crippen LogP contribution in [-0.2, 0) is 10.0 Å². The van der Waals surface area contributed by atoms with Crippen molar-refractivity contribution in [1.82, 2.24) is 14.2 Å². The van der Waals surface area contributed by atoms with Gasteiger partial charge in [0.15, 0.2) is 5.13 Å². The van der Waals surface area contributed by atoms with Gasteiger partial charge in [-0.25, -0.2) is 13.4 Å². The Bertz CT molecular complexity index is 1250. The second-order valence-corrected chi connectivity index (χ2v) is 12.3. The van der Waals surface area contributed by atoms with Crippen molar-refractivity contribution in [2.75, 3.05) is 44.2 Å². The third-order valence-corrected chi connectivity index (χ3v) is 9.64. The molecule has 7 nitrogen and oxygen atoms in total. The molecule has 0 N–H and O–H groups in total. The summed E-state index contributed by atoms with van der Waals surface area (Å²) in [6.45, 7) is 16.3. The number of likely N-dealkylation sites (N-methyl/N-ethyl adjacent to an activating group) is 1. The van der Waals surface area contributed by atoms with E-state index in [1.807, 2.05) is 13.8 Å². The van der Waals surface area contributed by atoms with E-state index in [-0.39, 0.29) is 10.8 Å². The van der Waals surface area contributed by atoms with Gasteiger partial charge in [0.25, 0.3) is 5.91 Å². The zero-order valence-corrected chi connectivity index (χ0v) is 24.6. The van der Waals surface area contributed by atoms with Crippen molar-refractivity contribution in [3.63, 3.8) is 0 Å². The highest BCUT2D eigenvalue weighted by Crippen LogP contribution is 2.32. The Morgan fingerprint density at radius 3 is 2.03 bits per heavy atom. The quantitative estimate of drug-likeness (QED) is 0.275. The number of nitrogens with zero attached hydrogens (tertiary/aromatic N) is 4. The summed E-state index contributed by atoms with van der Waals surface area (Å²) in [4.78, 5) is 22.8. The predicted octanol–water partition coefficient (Wildman–Crippen LogP) is 5.71. The topological polar surface area (TPSA) is 73.8 Å². The number of hydrogen-bond donors (Lipinski definition) is 0. The van der Waals surface area contributed by atoms with Crippen molar-refractivity contribution in [3.8, 4) is 0 Å². The maximum atomic E-state index is 13.8. The van der Waals surface area contributed by atoms with E-state index in [4.69, 9.17) is 4.98 Å². The van der Waals surface area contributed by atoms with Crippen LogP contribution < -0.4 is 4.90 Å². The molecule has 1 amide bonds. The number of amides is 1. The number of rotatable bonds is 13. The molecule has 0 aliphatic heterocycles. The lowest BCUT2D eigenvalue weighted by Crippen LogP contribution is -2.39. The van der Waals surface area contributed by atoms with Gasteiger partial charge < -0.3 is 4.90 Å². The van der Waals surface area contributed by atoms with Crippen LogP contribution in [0.5, 0.6) is 0 Å². The SMILES string of the molecule is CCCN(CCC)S(=O)(=O)c1ccc(C(=O)N(CCN(CC)CC)c2nc3cc(C)c(C)cc3s2)cc1. The van der Waals surface area contributed by atoms with Crippen LogP contribution >= 0.6 is 11.3 Å². The van der Waals surface area contributed by atoms with Crippen LogP contribution in [0, 0.1) is 13.8 Å². The lowest BCUT2D eigenvalue weighted by molar-refractivity contribution is 0.0983. The molecule has 1 heterocycles. The van der Waals surface area contributed by atoms with Crippen LogP contribution in [0.4, 0.5) is 5.13 Å². The van der Waals surface area contributed by atoms with Crippen molar-refractivity contribution < 1.29 is 13.2 Å². The lowest BCUT2D eigenvalue weighted by Gasteiger charge is -2.25. The molecule has 0 aliphatic carbocycles. The maximum Gasteiger partial charge on any atom is 0.260 e. The van der Waals surface area contributed by atoms with E-state index in [2.05, 4.69) is 44.7 Å². The second-order valence-electron chi connectivity index (χ2n) is 9.31. The third kappa shape index (κ3) is 6.76. The lowest BCUT2D eigenvalue weighted by atomic mass is 10.1. The van der Waals surface area contributed by atoms with Crippen molar-refractivity contribution in [2.24, 2.45) is 0 Å². The first-order valence-electron chi connectivity index (χ1n) is 13.2. The number of anilines is 1. The van der Waals surface area contributed by atoms with Crippen LogP contribution in [0.25, 0.3) is 10.2 Å². The number of carbonyl (C=O) groups excluding carboxylic acids is 1. The Morgan fingerprint density at radius 1 is 0.865 bits per heavy atom. The fourth-order valence-corrected chi connectivity index (χ4v) is 6.97. The summed E-state index contributed by atoms with van der Waals surface area (Å²) < 4.78 is 28.9. The minimum Gasteiger partial charge on any atom is -0.302 e. The zero-order chi connectivity index (χ0) is 27.2. The van der Waals surface area contributed by atoms with Crippen molar-refractivity contribution in [2.45, 2.75) is 59.3 Å². The van der Waals surface area contributed by atoms with Crippen LogP contribution in [0.1, 0.15) is 62.0 Å². The minimum absolute atomic E-state index is 0.178. The summed E-state index contributed by atoms with van der Waals surface area (Å²) in [5, 5.41) is 0.658. The first-order chi connectivity index (χ1) is 17.7. The van der Waals surface area contributed by atoms with Crippen LogP contribution in [0.15, 0.2) is 41.3 Å². The van der Waals surface area contributed by atoms with E-state index < -0.39 is 10.0 Å². The average molecular weight is 545 g/mol. The van der Waals surface area contributed by atoms with E-state index in [1.165, 1.54) is 26.8 Å². The van der Waals surface area contributed by atoms with E-state index in [9.17, 15) is 13.2 Å². The van der Waals surface area contributed by atoms with E-state index in [0.717, 1.165) is 42.7 Å². The molecule has 202 valence electrons. The van der Waals surface area contributed by atoms with Gasteiger partial charge in [0, 0.05) is 31.7 Å². The Hall–Kier alpha value is -2.33. The molecule has 3 aromatic rings. The number of aromatic nitrogens is 1. The second kappa shape index (κ2) is 13.0. The average Bonchev–Trinajstić information content (AvgIpc) is 3.28. The van der Waals surface area contributed by atoms with Gasteiger partial charge >= 0.3 is 0 Å². The number of carbonyl (C=O) groups is 1. The molecule has 0 radical (unpaired) electrons. The number of hydrogen-bond acceptors (Lipinski definition) is 6. The minimum atomic E-state index is -3.60. The molecule has 0 saturated heterocycles. The number of thiazole rings is 1. The molecule has 3 rings (SSSR count). The molecule has 0 fully saturated rings. The van der Waals surface area contributed by atoms with E-state index in [0.29, 0.717) is 30.3 Å². The highest BCUT2D eigenvalue weighted by atomic mass is 32.2. The zero-order valence-electron chi connectivity index (χ0n) is 23.0. The van der Waals surface area contributed by atoms with Gasteiger partial charge in [-0.3, -0.25) is 9.69 Å². The Kier molecular flexibility index (Phi) is 10.2. The maximum absolute atomic E-state index is 13.8. The molecule has 0 saturated carbocycles. The summed E-state index contributed by atoms with van der Waals surface area (Å²) in [6.07, 6.45) is 1.50. The van der Waals surface area contributed by atoms with Crippen molar-refractivity contribution in [1.29, 1.82) is 0 Å². The molecule has 0 unspecified atom stereocenters. The number of sulfonamides is 1. The predicted molar refractivity (Wildman–Crippen MR) is 154 cm³/mol. The Labute approximate surface area is 226 Å². The Morgan fingerprint density at radius 2 is 1.46 bits per heavy atom. The third-order valence-electron chi connectivity index (χ3n) is 6.69. The van der Waals surface area contributed by atoms with E-state index >= 15 is 0 Å². The van der Waals surface area contributed by atoms with Crippen LogP contribution in [0.2, 0.25) is 0 Å². The number of fused-ring (bicyclic) bond motifs is 1. The van der Waals surface area contributed by atoms with Crippen LogP contribution in [-0.4, -0.2) is 67.8 Å². The first-order valence-corrected chi connectivity index (χ1v) is 15.4. The highest BCUT2D eigenvalue weighted by molar-refractivity contribution is 7.89. The van der Waals surface area contributed by atoms with Gasteiger partial charge in [-0.15, -0.1) is 0 Å². The summed E-state index contributed by atoms with van der Waals surface area (Å²) in [5.74, 6) is -0.178. The number of benzene rings is 2. The molecule has 0 aliphatic rings. The van der Waals surface area contributed by atoms with Crippen molar-refractivity contribution in [3.05, 3.63) is 53.1 Å². The van der Waals surface area contributed by atoms with Gasteiger partial charge in [-0.05, 0) is 87.3 Å². The van der Waals surface area contributed by atoms with Gasteiger partial charge in [-0.2, -0.15) is 4.31 Å². The van der Waals surface area contributed by atoms with Gasteiger partial charge in [0.1, 0.15) is 0 Å². The molecule has 0 spiro atoms. The van der Waals surface area contributed by atoms with Gasteiger partial charge in [0.05, 0.1) is 15.1 Å². The molecular weight excluding hydrogens is 504 g/mol. The molecule has 0 atom stereocenters.